The van der Waals surface area contributed by atoms with Crippen molar-refractivity contribution < 1.29 is 9.90 Å². The van der Waals surface area contributed by atoms with Crippen molar-refractivity contribution in [1.29, 1.82) is 0 Å². The highest BCUT2D eigenvalue weighted by Gasteiger charge is 2.56. The Kier molecular flexibility index (Phi) is 4.55. The average Bonchev–Trinajstić information content (AvgIpc) is 2.83. The summed E-state index contributed by atoms with van der Waals surface area (Å²) >= 11 is 1.93. The molecule has 2 heterocycles. The van der Waals surface area contributed by atoms with E-state index in [1.54, 1.807) is 0 Å². The molecular weight excluding hydrogens is 354 g/mol. The molecule has 0 radical (unpaired) electrons. The Hall–Kier alpha value is -2.20. The van der Waals surface area contributed by atoms with E-state index in [0.717, 1.165) is 13.0 Å². The standard InChI is InChI=1S/C23H25NO2S/c1-22(2)18-10-4-5-11-19(18)24(16-8-7-13-21(25)26)23(22)15-14-17-9-3-6-12-20(17)27-23/h3-6,9-12,14-15H,7-8,13,16H2,1-2H3,(H,25,26). The summed E-state index contributed by atoms with van der Waals surface area (Å²) in [6, 6.07) is 17.2. The van der Waals surface area contributed by atoms with Gasteiger partial charge in [0.05, 0.1) is 0 Å². The highest BCUT2D eigenvalue weighted by atomic mass is 32.2. The van der Waals surface area contributed by atoms with E-state index in [4.69, 9.17) is 5.11 Å². The predicted molar refractivity (Wildman–Crippen MR) is 112 cm³/mol. The van der Waals surface area contributed by atoms with E-state index in [9.17, 15) is 4.79 Å². The largest absolute Gasteiger partial charge is 0.481 e. The number of hydrogen-bond acceptors (Lipinski definition) is 3. The number of nitrogens with zero attached hydrogens (tertiary/aromatic N) is 1. The molecule has 0 aliphatic carbocycles. The van der Waals surface area contributed by atoms with E-state index in [2.05, 4.69) is 79.4 Å². The van der Waals surface area contributed by atoms with Crippen LogP contribution in [-0.4, -0.2) is 22.5 Å². The highest BCUT2D eigenvalue weighted by Crippen LogP contribution is 2.61. The summed E-state index contributed by atoms with van der Waals surface area (Å²) in [5.41, 5.74) is 3.84. The van der Waals surface area contributed by atoms with E-state index in [-0.39, 0.29) is 16.7 Å². The maximum atomic E-state index is 10.9. The van der Waals surface area contributed by atoms with Gasteiger partial charge in [0, 0.05) is 29.0 Å². The molecular formula is C23H25NO2S. The smallest absolute Gasteiger partial charge is 0.303 e. The first kappa shape index (κ1) is 18.2. The van der Waals surface area contributed by atoms with Crippen molar-refractivity contribution in [1.82, 2.24) is 0 Å². The van der Waals surface area contributed by atoms with Crippen molar-refractivity contribution in [3.8, 4) is 0 Å². The molecule has 0 amide bonds. The van der Waals surface area contributed by atoms with Gasteiger partial charge < -0.3 is 10.0 Å². The van der Waals surface area contributed by atoms with Crippen LogP contribution in [0.2, 0.25) is 0 Å². The van der Waals surface area contributed by atoms with Gasteiger partial charge in [-0.2, -0.15) is 0 Å². The van der Waals surface area contributed by atoms with Crippen molar-refractivity contribution in [2.45, 2.75) is 48.3 Å². The molecule has 1 spiro atoms. The van der Waals surface area contributed by atoms with Gasteiger partial charge in [-0.25, -0.2) is 0 Å². The molecule has 1 N–H and O–H groups in total. The van der Waals surface area contributed by atoms with Gasteiger partial charge in [0.15, 0.2) is 0 Å². The molecule has 4 heteroatoms. The molecule has 1 atom stereocenters. The first-order valence-electron chi connectivity index (χ1n) is 9.52. The summed E-state index contributed by atoms with van der Waals surface area (Å²) in [5, 5.41) is 8.97. The fourth-order valence-corrected chi connectivity index (χ4v) is 5.91. The van der Waals surface area contributed by atoms with Crippen LogP contribution in [0.15, 0.2) is 59.5 Å². The van der Waals surface area contributed by atoms with Gasteiger partial charge in [-0.15, -0.1) is 0 Å². The lowest BCUT2D eigenvalue weighted by Gasteiger charge is -2.47. The number of carbonyl (C=O) groups is 1. The van der Waals surface area contributed by atoms with E-state index < -0.39 is 5.97 Å². The molecule has 4 rings (SSSR count). The zero-order chi connectivity index (χ0) is 19.1. The second kappa shape index (κ2) is 6.75. The summed E-state index contributed by atoms with van der Waals surface area (Å²) in [6.45, 7) is 5.51. The Balaban J connectivity index is 1.73. The summed E-state index contributed by atoms with van der Waals surface area (Å²) in [5.74, 6) is -0.715. The third kappa shape index (κ3) is 2.87. The minimum absolute atomic E-state index is 0.0644. The Morgan fingerprint density at radius 1 is 1.07 bits per heavy atom. The highest BCUT2D eigenvalue weighted by molar-refractivity contribution is 8.01. The van der Waals surface area contributed by atoms with E-state index >= 15 is 0 Å². The van der Waals surface area contributed by atoms with Crippen molar-refractivity contribution in [2.24, 2.45) is 0 Å². The molecule has 0 saturated heterocycles. The molecule has 0 aromatic heterocycles. The molecule has 2 aliphatic rings. The van der Waals surface area contributed by atoms with E-state index in [1.165, 1.54) is 21.7 Å². The summed E-state index contributed by atoms with van der Waals surface area (Å²) in [7, 11) is 0. The van der Waals surface area contributed by atoms with Crippen molar-refractivity contribution >= 4 is 29.5 Å². The Morgan fingerprint density at radius 2 is 1.81 bits per heavy atom. The number of unbranched alkanes of at least 4 members (excludes halogenated alkanes) is 1. The number of rotatable bonds is 5. The summed E-state index contributed by atoms with van der Waals surface area (Å²) in [6.07, 6.45) is 6.42. The lowest BCUT2D eigenvalue weighted by molar-refractivity contribution is -0.137. The summed E-state index contributed by atoms with van der Waals surface area (Å²) < 4.78 is 0. The Bertz CT molecular complexity index is 905. The average molecular weight is 380 g/mol. The zero-order valence-corrected chi connectivity index (χ0v) is 16.6. The maximum absolute atomic E-state index is 10.9. The van der Waals surface area contributed by atoms with Gasteiger partial charge in [-0.05, 0) is 42.2 Å². The molecule has 0 fully saturated rings. The van der Waals surface area contributed by atoms with Crippen LogP contribution in [0.4, 0.5) is 5.69 Å². The van der Waals surface area contributed by atoms with Crippen LogP contribution in [-0.2, 0) is 10.2 Å². The van der Waals surface area contributed by atoms with Crippen molar-refractivity contribution in [3.05, 3.63) is 65.7 Å². The number of anilines is 1. The third-order valence-corrected chi connectivity index (χ3v) is 7.63. The fraction of sp³-hybridized carbons (Fsp3) is 0.348. The lowest BCUT2D eigenvalue weighted by atomic mass is 9.79. The van der Waals surface area contributed by atoms with Gasteiger partial charge in [0.2, 0.25) is 0 Å². The normalized spacial score (nSPS) is 21.9. The number of hydrogen-bond donors (Lipinski definition) is 1. The number of aliphatic carboxylic acids is 1. The van der Waals surface area contributed by atoms with Gasteiger partial charge in [-0.1, -0.05) is 68.1 Å². The number of benzene rings is 2. The third-order valence-electron chi connectivity index (χ3n) is 5.86. The van der Waals surface area contributed by atoms with Gasteiger partial charge in [0.1, 0.15) is 4.87 Å². The number of thioether (sulfide) groups is 1. The van der Waals surface area contributed by atoms with Crippen LogP contribution in [0, 0.1) is 0 Å². The quantitative estimate of drug-likeness (QED) is 0.691. The Labute approximate surface area is 165 Å². The monoisotopic (exact) mass is 379 g/mol. The van der Waals surface area contributed by atoms with Crippen LogP contribution in [0.1, 0.15) is 44.2 Å². The molecule has 0 saturated carbocycles. The minimum atomic E-state index is -0.715. The zero-order valence-electron chi connectivity index (χ0n) is 15.8. The number of para-hydroxylation sites is 1. The molecule has 27 heavy (non-hydrogen) atoms. The van der Waals surface area contributed by atoms with Gasteiger partial charge in [0.25, 0.3) is 0 Å². The van der Waals surface area contributed by atoms with Gasteiger partial charge in [-0.3, -0.25) is 4.79 Å². The first-order chi connectivity index (χ1) is 13.0. The van der Waals surface area contributed by atoms with Crippen LogP contribution in [0.3, 0.4) is 0 Å². The first-order valence-corrected chi connectivity index (χ1v) is 10.3. The fourth-order valence-electron chi connectivity index (χ4n) is 4.38. The van der Waals surface area contributed by atoms with Crippen LogP contribution < -0.4 is 4.90 Å². The van der Waals surface area contributed by atoms with Crippen molar-refractivity contribution in [3.63, 3.8) is 0 Å². The minimum Gasteiger partial charge on any atom is -0.481 e. The summed E-state index contributed by atoms with van der Waals surface area (Å²) in [4.78, 5) is 14.5. The molecule has 2 aromatic carbocycles. The van der Waals surface area contributed by atoms with Gasteiger partial charge >= 0.3 is 5.97 Å². The molecule has 140 valence electrons. The molecule has 2 aliphatic heterocycles. The molecule has 0 bridgehead atoms. The second-order valence-electron chi connectivity index (χ2n) is 7.81. The number of fused-ring (bicyclic) bond motifs is 2. The van der Waals surface area contributed by atoms with Crippen LogP contribution in [0.25, 0.3) is 6.08 Å². The van der Waals surface area contributed by atoms with Crippen molar-refractivity contribution in [2.75, 3.05) is 11.4 Å². The topological polar surface area (TPSA) is 40.5 Å². The number of carboxylic acid groups (broad SMARTS) is 1. The van der Waals surface area contributed by atoms with Crippen LogP contribution in [0.5, 0.6) is 0 Å². The molecule has 1 unspecified atom stereocenters. The lowest BCUT2D eigenvalue weighted by Crippen LogP contribution is -2.52. The SMILES string of the molecule is CC1(C)c2ccccc2N(CCCCC(=O)O)C12C=Cc1ccccc1S2. The Morgan fingerprint density at radius 3 is 2.63 bits per heavy atom. The second-order valence-corrected chi connectivity index (χ2v) is 9.08. The molecule has 2 aromatic rings. The predicted octanol–water partition coefficient (Wildman–Crippen LogP) is 5.55. The van der Waals surface area contributed by atoms with E-state index in [0.29, 0.717) is 6.42 Å². The van der Waals surface area contributed by atoms with Crippen LogP contribution >= 0.6 is 11.8 Å². The maximum Gasteiger partial charge on any atom is 0.303 e. The number of carboxylic acids is 1. The van der Waals surface area contributed by atoms with E-state index in [1.807, 2.05) is 11.8 Å². The molecule has 3 nitrogen and oxygen atoms in total.